The first-order valence-corrected chi connectivity index (χ1v) is 7.40. The average molecular weight is 314 g/mol. The number of hydrogen-bond donors (Lipinski definition) is 0. The highest BCUT2D eigenvalue weighted by molar-refractivity contribution is 6.31. The number of carbonyl (C=O) groups is 1. The van der Waals surface area contributed by atoms with E-state index in [9.17, 15) is 4.79 Å². The number of aromatic nitrogens is 1. The summed E-state index contributed by atoms with van der Waals surface area (Å²) in [7, 11) is 1.40. The quantitative estimate of drug-likeness (QED) is 0.669. The number of methoxy groups -OCH3 is 1. The summed E-state index contributed by atoms with van der Waals surface area (Å²) in [6.45, 7) is 2.61. The second-order valence-electron chi connectivity index (χ2n) is 5.19. The number of esters is 1. The van der Waals surface area contributed by atoms with Crippen LogP contribution in [0.15, 0.2) is 48.5 Å². The molecule has 0 fully saturated rings. The summed E-state index contributed by atoms with van der Waals surface area (Å²) < 4.78 is 7.03. The maximum atomic E-state index is 12.1. The smallest absolute Gasteiger partial charge is 0.340 e. The lowest BCUT2D eigenvalue weighted by Gasteiger charge is -2.09. The van der Waals surface area contributed by atoms with Gasteiger partial charge in [0.05, 0.1) is 18.2 Å². The van der Waals surface area contributed by atoms with Crippen molar-refractivity contribution in [2.45, 2.75) is 13.5 Å². The Labute approximate surface area is 134 Å². The fraction of sp³-hybridized carbons (Fsp3) is 0.167. The molecule has 0 spiro atoms. The van der Waals surface area contributed by atoms with E-state index in [-0.39, 0.29) is 5.97 Å². The number of rotatable bonds is 3. The van der Waals surface area contributed by atoms with Crippen LogP contribution in [-0.4, -0.2) is 17.6 Å². The molecule has 1 aromatic heterocycles. The zero-order chi connectivity index (χ0) is 15.7. The fourth-order valence-electron chi connectivity index (χ4n) is 2.78. The molecule has 3 rings (SSSR count). The predicted molar refractivity (Wildman–Crippen MR) is 88.6 cm³/mol. The molecule has 0 amide bonds. The van der Waals surface area contributed by atoms with Gasteiger partial charge in [-0.15, -0.1) is 0 Å². The number of ether oxygens (including phenoxy) is 1. The number of carbonyl (C=O) groups excluding carboxylic acids is 1. The largest absolute Gasteiger partial charge is 0.465 e. The normalized spacial score (nSPS) is 10.9. The summed E-state index contributed by atoms with van der Waals surface area (Å²) in [4.78, 5) is 12.1. The molecule has 0 aliphatic rings. The molecule has 3 aromatic rings. The van der Waals surface area contributed by atoms with Gasteiger partial charge in [0, 0.05) is 22.6 Å². The highest BCUT2D eigenvalue weighted by atomic mass is 35.5. The Balaban J connectivity index is 2.22. The summed E-state index contributed by atoms with van der Waals surface area (Å²) in [5.74, 6) is -0.323. The Morgan fingerprint density at radius 2 is 1.91 bits per heavy atom. The topological polar surface area (TPSA) is 31.2 Å². The Bertz CT molecular complexity index is 837. The SMILES string of the molecule is COC(=O)c1c(C)n(Cc2ccccc2)c2cc(Cl)ccc12. The van der Waals surface area contributed by atoms with Gasteiger partial charge in [-0.2, -0.15) is 0 Å². The highest BCUT2D eigenvalue weighted by Crippen LogP contribution is 2.29. The first-order chi connectivity index (χ1) is 10.6. The van der Waals surface area contributed by atoms with E-state index in [0.29, 0.717) is 17.1 Å². The number of benzene rings is 2. The van der Waals surface area contributed by atoms with Crippen LogP contribution in [0.2, 0.25) is 5.02 Å². The first kappa shape index (κ1) is 14.7. The van der Waals surface area contributed by atoms with Crippen LogP contribution < -0.4 is 0 Å². The van der Waals surface area contributed by atoms with E-state index in [1.54, 1.807) is 6.07 Å². The number of fused-ring (bicyclic) bond motifs is 1. The Morgan fingerprint density at radius 1 is 1.18 bits per heavy atom. The van der Waals surface area contributed by atoms with Crippen molar-refractivity contribution in [2.24, 2.45) is 0 Å². The molecule has 112 valence electrons. The van der Waals surface area contributed by atoms with Gasteiger partial charge in [0.15, 0.2) is 0 Å². The lowest BCUT2D eigenvalue weighted by atomic mass is 10.1. The van der Waals surface area contributed by atoms with Gasteiger partial charge in [-0.25, -0.2) is 4.79 Å². The maximum Gasteiger partial charge on any atom is 0.340 e. The van der Waals surface area contributed by atoms with Crippen molar-refractivity contribution >= 4 is 28.5 Å². The summed E-state index contributed by atoms with van der Waals surface area (Å²) in [6.07, 6.45) is 0. The number of hydrogen-bond acceptors (Lipinski definition) is 2. The van der Waals surface area contributed by atoms with Gasteiger partial charge in [0.2, 0.25) is 0 Å². The van der Waals surface area contributed by atoms with Gasteiger partial charge in [0.25, 0.3) is 0 Å². The second kappa shape index (κ2) is 5.85. The van der Waals surface area contributed by atoms with Crippen molar-refractivity contribution in [3.63, 3.8) is 0 Å². The van der Waals surface area contributed by atoms with Crippen molar-refractivity contribution < 1.29 is 9.53 Å². The molecule has 0 saturated heterocycles. The van der Waals surface area contributed by atoms with E-state index in [0.717, 1.165) is 16.6 Å². The monoisotopic (exact) mass is 313 g/mol. The van der Waals surface area contributed by atoms with Gasteiger partial charge >= 0.3 is 5.97 Å². The fourth-order valence-corrected chi connectivity index (χ4v) is 2.95. The van der Waals surface area contributed by atoms with Crippen molar-refractivity contribution in [1.29, 1.82) is 0 Å². The van der Waals surface area contributed by atoms with Crippen LogP contribution >= 0.6 is 11.6 Å². The molecular weight excluding hydrogens is 298 g/mol. The van der Waals surface area contributed by atoms with Crippen LogP contribution in [0.1, 0.15) is 21.6 Å². The molecule has 0 bridgehead atoms. The van der Waals surface area contributed by atoms with E-state index < -0.39 is 0 Å². The van der Waals surface area contributed by atoms with Crippen molar-refractivity contribution in [3.05, 3.63) is 70.4 Å². The Morgan fingerprint density at radius 3 is 2.59 bits per heavy atom. The van der Waals surface area contributed by atoms with Crippen molar-refractivity contribution in [2.75, 3.05) is 7.11 Å². The van der Waals surface area contributed by atoms with Crippen molar-refractivity contribution in [1.82, 2.24) is 4.57 Å². The van der Waals surface area contributed by atoms with Crippen LogP contribution in [0.5, 0.6) is 0 Å². The lowest BCUT2D eigenvalue weighted by Crippen LogP contribution is -2.06. The third kappa shape index (κ3) is 2.48. The van der Waals surface area contributed by atoms with Gasteiger partial charge in [-0.05, 0) is 24.6 Å². The molecule has 3 nitrogen and oxygen atoms in total. The van der Waals surface area contributed by atoms with E-state index in [4.69, 9.17) is 16.3 Å². The molecule has 0 radical (unpaired) electrons. The van der Waals surface area contributed by atoms with Gasteiger partial charge in [-0.3, -0.25) is 0 Å². The van der Waals surface area contributed by atoms with Gasteiger partial charge in [-0.1, -0.05) is 48.0 Å². The third-order valence-corrected chi connectivity index (χ3v) is 4.09. The van der Waals surface area contributed by atoms with E-state index in [1.807, 2.05) is 37.3 Å². The van der Waals surface area contributed by atoms with Crippen LogP contribution in [0.3, 0.4) is 0 Å². The Hall–Kier alpha value is -2.26. The first-order valence-electron chi connectivity index (χ1n) is 7.02. The molecule has 0 saturated carbocycles. The minimum Gasteiger partial charge on any atom is -0.465 e. The van der Waals surface area contributed by atoms with Crippen molar-refractivity contribution in [3.8, 4) is 0 Å². The third-order valence-electron chi connectivity index (χ3n) is 3.86. The molecule has 0 aliphatic carbocycles. The van der Waals surface area contributed by atoms with E-state index in [1.165, 1.54) is 12.7 Å². The minimum atomic E-state index is -0.323. The minimum absolute atomic E-state index is 0.323. The van der Waals surface area contributed by atoms with Crippen LogP contribution in [-0.2, 0) is 11.3 Å². The highest BCUT2D eigenvalue weighted by Gasteiger charge is 2.20. The molecule has 0 N–H and O–H groups in total. The number of halogens is 1. The molecule has 22 heavy (non-hydrogen) atoms. The molecule has 2 aromatic carbocycles. The van der Waals surface area contributed by atoms with Gasteiger partial charge < -0.3 is 9.30 Å². The Kier molecular flexibility index (Phi) is 3.90. The molecular formula is C18H16ClNO2. The molecule has 4 heteroatoms. The molecule has 0 unspecified atom stereocenters. The summed E-state index contributed by atoms with van der Waals surface area (Å²) in [5.41, 5.74) is 3.59. The summed E-state index contributed by atoms with van der Waals surface area (Å²) in [6, 6.07) is 15.7. The van der Waals surface area contributed by atoms with E-state index >= 15 is 0 Å². The maximum absolute atomic E-state index is 12.1. The lowest BCUT2D eigenvalue weighted by molar-refractivity contribution is 0.0602. The predicted octanol–water partition coefficient (Wildman–Crippen LogP) is 4.44. The zero-order valence-electron chi connectivity index (χ0n) is 12.5. The standard InChI is InChI=1S/C18H16ClNO2/c1-12-17(18(21)22-2)15-9-8-14(19)10-16(15)20(12)11-13-6-4-3-5-7-13/h3-10H,11H2,1-2H3. The van der Waals surface area contributed by atoms with Crippen LogP contribution in [0.25, 0.3) is 10.9 Å². The molecule has 0 atom stereocenters. The summed E-state index contributed by atoms with van der Waals surface area (Å²) >= 11 is 6.14. The molecule has 1 heterocycles. The van der Waals surface area contributed by atoms with E-state index in [2.05, 4.69) is 16.7 Å². The van der Waals surface area contributed by atoms with Crippen LogP contribution in [0.4, 0.5) is 0 Å². The van der Waals surface area contributed by atoms with Gasteiger partial charge in [0.1, 0.15) is 0 Å². The average Bonchev–Trinajstić information content (AvgIpc) is 2.80. The molecule has 0 aliphatic heterocycles. The second-order valence-corrected chi connectivity index (χ2v) is 5.62. The number of nitrogens with zero attached hydrogens (tertiary/aromatic N) is 1. The summed E-state index contributed by atoms with van der Waals surface area (Å²) in [5, 5.41) is 1.51. The van der Waals surface area contributed by atoms with Crippen LogP contribution in [0, 0.1) is 6.92 Å². The zero-order valence-corrected chi connectivity index (χ0v) is 13.2.